The topological polar surface area (TPSA) is 35.2 Å². The lowest BCUT2D eigenvalue weighted by atomic mass is 10.1. The summed E-state index contributed by atoms with van der Waals surface area (Å²) >= 11 is 6.67. The van der Waals surface area contributed by atoms with Gasteiger partial charge in [-0.1, -0.05) is 37.9 Å². The first-order valence-corrected chi connectivity index (χ1v) is 7.23. The Balaban J connectivity index is 2.26. The van der Waals surface area contributed by atoms with Gasteiger partial charge in [-0.15, -0.1) is 0 Å². The number of hydrogen-bond donors (Lipinski definition) is 1. The fourth-order valence-corrected chi connectivity index (χ4v) is 2.83. The third-order valence-electron chi connectivity index (χ3n) is 2.53. The van der Waals surface area contributed by atoms with E-state index in [2.05, 4.69) is 31.9 Å². The number of hydrogen-bond acceptors (Lipinski definition) is 2. The molecule has 1 atom stereocenters. The summed E-state index contributed by atoms with van der Waals surface area (Å²) in [7, 11) is 0. The van der Waals surface area contributed by atoms with Crippen molar-refractivity contribution in [2.75, 3.05) is 0 Å². The zero-order valence-corrected chi connectivity index (χ0v) is 13.3. The summed E-state index contributed by atoms with van der Waals surface area (Å²) in [6, 6.07) is 9.86. The molecule has 2 aromatic rings. The van der Waals surface area contributed by atoms with E-state index >= 15 is 0 Å². The van der Waals surface area contributed by atoms with Crippen LogP contribution in [0.5, 0.6) is 11.5 Å². The van der Waals surface area contributed by atoms with Crippen molar-refractivity contribution >= 4 is 31.9 Å². The number of nitrogens with two attached hydrogens (primary N) is 1. The Hall–Kier alpha value is -0.910. The molecule has 0 heterocycles. The minimum atomic E-state index is -0.351. The molecule has 1 unspecified atom stereocenters. The molecule has 0 radical (unpaired) electrons. The van der Waals surface area contributed by atoms with E-state index in [4.69, 9.17) is 10.5 Å². The molecular formula is C14H12Br2FNO. The van der Waals surface area contributed by atoms with E-state index in [1.54, 1.807) is 6.07 Å². The zero-order chi connectivity index (χ0) is 14.0. The molecule has 2 N–H and O–H groups in total. The molecule has 2 nitrogen and oxygen atoms in total. The Morgan fingerprint density at radius 2 is 1.84 bits per heavy atom. The molecule has 19 heavy (non-hydrogen) atoms. The lowest BCUT2D eigenvalue weighted by Crippen LogP contribution is -2.05. The monoisotopic (exact) mass is 387 g/mol. The molecule has 0 aliphatic rings. The molecule has 5 heteroatoms. The highest BCUT2D eigenvalue weighted by atomic mass is 79.9. The van der Waals surface area contributed by atoms with Crippen LogP contribution in [-0.4, -0.2) is 0 Å². The third kappa shape index (κ3) is 3.78. The highest BCUT2D eigenvalue weighted by molar-refractivity contribution is 9.10. The number of rotatable bonds is 3. The average molecular weight is 389 g/mol. The summed E-state index contributed by atoms with van der Waals surface area (Å²) < 4.78 is 20.4. The molecule has 0 saturated heterocycles. The van der Waals surface area contributed by atoms with E-state index in [-0.39, 0.29) is 11.9 Å². The molecule has 2 rings (SSSR count). The van der Waals surface area contributed by atoms with Crippen molar-refractivity contribution in [2.45, 2.75) is 13.0 Å². The van der Waals surface area contributed by atoms with Crippen molar-refractivity contribution in [3.05, 3.63) is 56.7 Å². The SMILES string of the molecule is CC(N)c1ccc(Oc2cc(F)cc(Br)c2)cc1Br. The van der Waals surface area contributed by atoms with E-state index in [0.29, 0.717) is 16.0 Å². The van der Waals surface area contributed by atoms with Gasteiger partial charge in [0.25, 0.3) is 0 Å². The van der Waals surface area contributed by atoms with Gasteiger partial charge in [-0.3, -0.25) is 0 Å². The molecule has 0 aliphatic carbocycles. The molecule has 0 bridgehead atoms. The van der Waals surface area contributed by atoms with E-state index in [0.717, 1.165) is 10.0 Å². The summed E-state index contributed by atoms with van der Waals surface area (Å²) in [5, 5.41) is 0. The van der Waals surface area contributed by atoms with E-state index in [1.165, 1.54) is 12.1 Å². The molecule has 0 fully saturated rings. The van der Waals surface area contributed by atoms with E-state index in [9.17, 15) is 4.39 Å². The number of benzene rings is 2. The van der Waals surface area contributed by atoms with Crippen LogP contribution in [0, 0.1) is 5.82 Å². The minimum Gasteiger partial charge on any atom is -0.457 e. The molecular weight excluding hydrogens is 377 g/mol. The number of ether oxygens (including phenoxy) is 1. The van der Waals surface area contributed by atoms with E-state index in [1.807, 2.05) is 25.1 Å². The molecule has 100 valence electrons. The Kier molecular flexibility index (Phi) is 4.60. The van der Waals surface area contributed by atoms with Crippen molar-refractivity contribution in [1.29, 1.82) is 0 Å². The molecule has 0 aliphatic heterocycles. The Bertz CT molecular complexity index is 582. The Labute approximate surface area is 128 Å². The maximum Gasteiger partial charge on any atom is 0.131 e. The molecule has 0 saturated carbocycles. The van der Waals surface area contributed by atoms with Crippen LogP contribution in [0.2, 0.25) is 0 Å². The zero-order valence-electron chi connectivity index (χ0n) is 10.2. The maximum absolute atomic E-state index is 13.2. The summed E-state index contributed by atoms with van der Waals surface area (Å²) in [5.41, 5.74) is 6.82. The van der Waals surface area contributed by atoms with Crippen molar-refractivity contribution in [3.63, 3.8) is 0 Å². The largest absolute Gasteiger partial charge is 0.457 e. The van der Waals surface area contributed by atoms with Crippen LogP contribution in [0.25, 0.3) is 0 Å². The van der Waals surface area contributed by atoms with Crippen molar-refractivity contribution in [1.82, 2.24) is 0 Å². The maximum atomic E-state index is 13.2. The second kappa shape index (κ2) is 6.03. The summed E-state index contributed by atoms with van der Waals surface area (Å²) in [5.74, 6) is 0.705. The normalized spacial score (nSPS) is 12.3. The van der Waals surface area contributed by atoms with Gasteiger partial charge in [-0.05, 0) is 36.8 Å². The van der Waals surface area contributed by atoms with Gasteiger partial charge in [-0.25, -0.2) is 4.39 Å². The minimum absolute atomic E-state index is 0.0632. The summed E-state index contributed by atoms with van der Waals surface area (Å²) in [6.07, 6.45) is 0. The molecule has 0 aromatic heterocycles. The van der Waals surface area contributed by atoms with Crippen molar-refractivity contribution in [2.24, 2.45) is 5.73 Å². The fraction of sp³-hybridized carbons (Fsp3) is 0.143. The van der Waals surface area contributed by atoms with Gasteiger partial charge in [0.15, 0.2) is 0 Å². The first-order chi connectivity index (χ1) is 8.95. The fourth-order valence-electron chi connectivity index (χ4n) is 1.66. The van der Waals surface area contributed by atoms with Gasteiger partial charge in [0, 0.05) is 21.1 Å². The van der Waals surface area contributed by atoms with Crippen LogP contribution >= 0.6 is 31.9 Å². The van der Waals surface area contributed by atoms with Crippen LogP contribution in [-0.2, 0) is 0 Å². The van der Waals surface area contributed by atoms with Gasteiger partial charge in [0.2, 0.25) is 0 Å². The first-order valence-electron chi connectivity index (χ1n) is 5.64. The highest BCUT2D eigenvalue weighted by Crippen LogP contribution is 2.30. The van der Waals surface area contributed by atoms with Crippen LogP contribution in [0.3, 0.4) is 0 Å². The second-order valence-corrected chi connectivity index (χ2v) is 5.95. The van der Waals surface area contributed by atoms with Gasteiger partial charge in [0.1, 0.15) is 17.3 Å². The van der Waals surface area contributed by atoms with Crippen LogP contribution in [0.1, 0.15) is 18.5 Å². The van der Waals surface area contributed by atoms with Gasteiger partial charge in [0.05, 0.1) is 0 Å². The van der Waals surface area contributed by atoms with Gasteiger partial charge >= 0.3 is 0 Å². The van der Waals surface area contributed by atoms with Crippen LogP contribution in [0.4, 0.5) is 4.39 Å². The van der Waals surface area contributed by atoms with Crippen LogP contribution in [0.15, 0.2) is 45.3 Å². The predicted molar refractivity (Wildman–Crippen MR) is 80.9 cm³/mol. The third-order valence-corrected chi connectivity index (χ3v) is 3.68. The quantitative estimate of drug-likeness (QED) is 0.787. The standard InChI is InChI=1S/C14H12Br2FNO/c1-8(18)13-3-2-11(7-14(13)16)19-12-5-9(15)4-10(17)6-12/h2-8H,18H2,1H3. The highest BCUT2D eigenvalue weighted by Gasteiger charge is 2.07. The molecule has 2 aromatic carbocycles. The van der Waals surface area contributed by atoms with Gasteiger partial charge < -0.3 is 10.5 Å². The summed E-state index contributed by atoms with van der Waals surface area (Å²) in [6.45, 7) is 1.91. The van der Waals surface area contributed by atoms with E-state index < -0.39 is 0 Å². The molecule has 0 spiro atoms. The predicted octanol–water partition coefficient (Wildman–Crippen LogP) is 5.16. The first kappa shape index (κ1) is 14.5. The lowest BCUT2D eigenvalue weighted by molar-refractivity contribution is 0.475. The number of halogens is 3. The Morgan fingerprint density at radius 3 is 2.42 bits per heavy atom. The van der Waals surface area contributed by atoms with Crippen molar-refractivity contribution in [3.8, 4) is 11.5 Å². The second-order valence-electron chi connectivity index (χ2n) is 4.18. The summed E-state index contributed by atoms with van der Waals surface area (Å²) in [4.78, 5) is 0. The van der Waals surface area contributed by atoms with Gasteiger partial charge in [-0.2, -0.15) is 0 Å². The average Bonchev–Trinajstić information content (AvgIpc) is 2.26. The van der Waals surface area contributed by atoms with Crippen LogP contribution < -0.4 is 10.5 Å². The van der Waals surface area contributed by atoms with Crippen molar-refractivity contribution < 1.29 is 9.13 Å². The molecule has 0 amide bonds. The lowest BCUT2D eigenvalue weighted by Gasteiger charge is -2.11. The Morgan fingerprint density at radius 1 is 1.11 bits per heavy atom. The smallest absolute Gasteiger partial charge is 0.131 e.